The molecule has 1 aromatic rings. The number of aromatic nitrogens is 2. The third-order valence-corrected chi connectivity index (χ3v) is 2.76. The van der Waals surface area contributed by atoms with Crippen LogP contribution in [0.3, 0.4) is 0 Å². The molecule has 1 aromatic heterocycles. The van der Waals surface area contributed by atoms with Crippen LogP contribution in [0.15, 0.2) is 4.63 Å². The van der Waals surface area contributed by atoms with Crippen LogP contribution in [-0.2, 0) is 0 Å². The van der Waals surface area contributed by atoms with Crippen molar-refractivity contribution in [1.29, 1.82) is 0 Å². The van der Waals surface area contributed by atoms with Crippen molar-refractivity contribution in [2.24, 2.45) is 5.92 Å². The number of nitrogens with zero attached hydrogens (tertiary/aromatic N) is 2. The highest BCUT2D eigenvalue weighted by molar-refractivity contribution is 5.96. The van der Waals surface area contributed by atoms with E-state index in [9.17, 15) is 4.79 Å². The van der Waals surface area contributed by atoms with Crippen molar-refractivity contribution in [3.63, 3.8) is 0 Å². The van der Waals surface area contributed by atoms with Crippen molar-refractivity contribution in [1.82, 2.24) is 15.6 Å². The van der Waals surface area contributed by atoms with Crippen LogP contribution in [0.2, 0.25) is 0 Å². The van der Waals surface area contributed by atoms with Crippen LogP contribution in [0.1, 0.15) is 37.2 Å². The van der Waals surface area contributed by atoms with Crippen molar-refractivity contribution in [3.05, 3.63) is 5.69 Å². The van der Waals surface area contributed by atoms with E-state index in [1.165, 1.54) is 0 Å². The summed E-state index contributed by atoms with van der Waals surface area (Å²) in [5.41, 5.74) is 5.26. The first-order chi connectivity index (χ1) is 7.00. The van der Waals surface area contributed by atoms with Gasteiger partial charge < -0.3 is 11.1 Å². The lowest BCUT2D eigenvalue weighted by Gasteiger charge is -2.25. The first-order valence-corrected chi connectivity index (χ1v) is 4.91. The Morgan fingerprint density at radius 2 is 2.20 bits per heavy atom. The summed E-state index contributed by atoms with van der Waals surface area (Å²) in [5, 5.41) is 9.70. The number of anilines is 1. The summed E-state index contributed by atoms with van der Waals surface area (Å²) in [4.78, 5) is 11.7. The summed E-state index contributed by atoms with van der Waals surface area (Å²) >= 11 is 0. The third kappa shape index (κ3) is 1.93. The Hall–Kier alpha value is -1.59. The molecule has 1 fully saturated rings. The maximum atomic E-state index is 11.7. The van der Waals surface area contributed by atoms with Gasteiger partial charge in [0.1, 0.15) is 0 Å². The highest BCUT2D eigenvalue weighted by atomic mass is 16.6. The summed E-state index contributed by atoms with van der Waals surface area (Å²) < 4.78 is 4.37. The van der Waals surface area contributed by atoms with E-state index in [1.807, 2.05) is 13.8 Å². The summed E-state index contributed by atoms with van der Waals surface area (Å²) in [6.45, 7) is 3.98. The molecule has 0 atom stereocenters. The van der Waals surface area contributed by atoms with Gasteiger partial charge in [0, 0.05) is 5.54 Å². The van der Waals surface area contributed by atoms with Gasteiger partial charge in [-0.15, -0.1) is 0 Å². The Labute approximate surface area is 87.2 Å². The molecule has 6 nitrogen and oxygen atoms in total. The largest absolute Gasteiger partial charge is 0.379 e. The molecule has 3 N–H and O–H groups in total. The van der Waals surface area contributed by atoms with Crippen molar-refractivity contribution >= 4 is 11.7 Å². The molecule has 0 saturated heterocycles. The van der Waals surface area contributed by atoms with E-state index in [0.29, 0.717) is 5.92 Å². The maximum Gasteiger partial charge on any atom is 0.277 e. The predicted molar refractivity (Wildman–Crippen MR) is 53.0 cm³/mol. The third-order valence-electron chi connectivity index (χ3n) is 2.76. The standard InChI is InChI=1S/C9H14N4O2/c1-9(2,5-3-4-5)11-8(14)6-7(10)13-15-12-6/h5H,3-4H2,1-2H3,(H2,10,13)(H,11,14). The molecular weight excluding hydrogens is 196 g/mol. The number of rotatable bonds is 3. The topological polar surface area (TPSA) is 94.0 Å². The summed E-state index contributed by atoms with van der Waals surface area (Å²) in [5.74, 6) is 0.243. The first-order valence-electron chi connectivity index (χ1n) is 4.91. The molecule has 1 saturated carbocycles. The fraction of sp³-hybridized carbons (Fsp3) is 0.667. The Balaban J connectivity index is 2.06. The lowest BCUT2D eigenvalue weighted by atomic mass is 9.98. The fourth-order valence-corrected chi connectivity index (χ4v) is 1.61. The molecule has 0 aromatic carbocycles. The number of nitrogens with one attached hydrogen (secondary N) is 1. The minimum absolute atomic E-state index is 0.0269. The molecule has 0 aliphatic heterocycles. The molecule has 15 heavy (non-hydrogen) atoms. The molecule has 1 amide bonds. The van der Waals surface area contributed by atoms with Crippen molar-refractivity contribution < 1.29 is 9.42 Å². The van der Waals surface area contributed by atoms with Crippen LogP contribution < -0.4 is 11.1 Å². The second-order valence-corrected chi connectivity index (χ2v) is 4.45. The van der Waals surface area contributed by atoms with Gasteiger partial charge in [-0.05, 0) is 42.9 Å². The highest BCUT2D eigenvalue weighted by Gasteiger charge is 2.39. The number of carbonyl (C=O) groups excluding carboxylic acids is 1. The van der Waals surface area contributed by atoms with Gasteiger partial charge in [-0.3, -0.25) is 4.79 Å². The van der Waals surface area contributed by atoms with E-state index in [1.54, 1.807) is 0 Å². The number of hydrogen-bond donors (Lipinski definition) is 2. The molecule has 0 bridgehead atoms. The molecule has 0 radical (unpaired) electrons. The number of carbonyl (C=O) groups is 1. The van der Waals surface area contributed by atoms with Crippen molar-refractivity contribution in [2.75, 3.05) is 5.73 Å². The van der Waals surface area contributed by atoms with Gasteiger partial charge in [-0.1, -0.05) is 0 Å². The fourth-order valence-electron chi connectivity index (χ4n) is 1.61. The lowest BCUT2D eigenvalue weighted by Crippen LogP contribution is -2.45. The monoisotopic (exact) mass is 210 g/mol. The Bertz CT molecular complexity index is 381. The molecular formula is C9H14N4O2. The van der Waals surface area contributed by atoms with Gasteiger partial charge in [0.2, 0.25) is 11.5 Å². The number of nitrogens with two attached hydrogens (primary N) is 1. The van der Waals surface area contributed by atoms with Crippen LogP contribution >= 0.6 is 0 Å². The van der Waals surface area contributed by atoms with Gasteiger partial charge in [-0.25, -0.2) is 4.63 Å². The maximum absolute atomic E-state index is 11.7. The molecule has 2 rings (SSSR count). The van der Waals surface area contributed by atoms with Crippen molar-refractivity contribution in [2.45, 2.75) is 32.2 Å². The van der Waals surface area contributed by atoms with Crippen LogP contribution in [0.5, 0.6) is 0 Å². The zero-order valence-electron chi connectivity index (χ0n) is 8.78. The van der Waals surface area contributed by atoms with Gasteiger partial charge in [0.15, 0.2) is 0 Å². The molecule has 1 heterocycles. The Morgan fingerprint density at radius 3 is 2.67 bits per heavy atom. The van der Waals surface area contributed by atoms with Crippen LogP contribution in [-0.4, -0.2) is 21.8 Å². The van der Waals surface area contributed by atoms with E-state index in [2.05, 4.69) is 20.3 Å². The van der Waals surface area contributed by atoms with E-state index in [-0.39, 0.29) is 23.0 Å². The molecule has 82 valence electrons. The summed E-state index contributed by atoms with van der Waals surface area (Å²) in [6, 6.07) is 0. The molecule has 0 unspecified atom stereocenters. The van der Waals surface area contributed by atoms with Crippen molar-refractivity contribution in [3.8, 4) is 0 Å². The smallest absolute Gasteiger partial charge is 0.277 e. The van der Waals surface area contributed by atoms with Gasteiger partial charge in [0.05, 0.1) is 0 Å². The number of amides is 1. The summed E-state index contributed by atoms with van der Waals surface area (Å²) in [7, 11) is 0. The number of hydrogen-bond acceptors (Lipinski definition) is 5. The van der Waals surface area contributed by atoms with Gasteiger partial charge in [0.25, 0.3) is 5.91 Å². The van der Waals surface area contributed by atoms with Gasteiger partial charge >= 0.3 is 0 Å². The van der Waals surface area contributed by atoms with E-state index in [4.69, 9.17) is 5.73 Å². The summed E-state index contributed by atoms with van der Waals surface area (Å²) in [6.07, 6.45) is 2.31. The molecule has 1 aliphatic carbocycles. The first kappa shape index (κ1) is 9.95. The van der Waals surface area contributed by atoms with Crippen LogP contribution in [0, 0.1) is 5.92 Å². The molecule has 0 spiro atoms. The molecule has 1 aliphatic rings. The average Bonchev–Trinajstić information content (AvgIpc) is 2.89. The minimum Gasteiger partial charge on any atom is -0.379 e. The second kappa shape index (κ2) is 3.22. The zero-order valence-corrected chi connectivity index (χ0v) is 8.78. The van der Waals surface area contributed by atoms with Gasteiger partial charge in [-0.2, -0.15) is 0 Å². The highest BCUT2D eigenvalue weighted by Crippen LogP contribution is 2.39. The lowest BCUT2D eigenvalue weighted by molar-refractivity contribution is 0.0894. The van der Waals surface area contributed by atoms with E-state index < -0.39 is 0 Å². The second-order valence-electron chi connectivity index (χ2n) is 4.45. The average molecular weight is 210 g/mol. The van der Waals surface area contributed by atoms with Crippen LogP contribution in [0.4, 0.5) is 5.82 Å². The SMILES string of the molecule is CC(C)(NC(=O)c1nonc1N)C1CC1. The van der Waals surface area contributed by atoms with E-state index in [0.717, 1.165) is 12.8 Å². The predicted octanol–water partition coefficient (Wildman–Crippen LogP) is 0.570. The normalized spacial score (nSPS) is 16.4. The zero-order chi connectivity index (χ0) is 11.1. The Kier molecular flexibility index (Phi) is 2.13. The van der Waals surface area contributed by atoms with E-state index >= 15 is 0 Å². The van der Waals surface area contributed by atoms with Crippen LogP contribution in [0.25, 0.3) is 0 Å². The number of nitrogen functional groups attached to an aromatic ring is 1. The Morgan fingerprint density at radius 1 is 1.53 bits per heavy atom. The minimum atomic E-state index is -0.328. The quantitative estimate of drug-likeness (QED) is 0.760. The molecule has 6 heteroatoms.